The molecule has 1 amide bonds. The highest BCUT2D eigenvalue weighted by molar-refractivity contribution is 7.92. The number of anilines is 2. The molecule has 0 heterocycles. The molecule has 122 valence electrons. The van der Waals surface area contributed by atoms with Crippen molar-refractivity contribution >= 4 is 27.3 Å². The van der Waals surface area contributed by atoms with Crippen molar-refractivity contribution in [3.63, 3.8) is 0 Å². The molecule has 2 N–H and O–H groups in total. The van der Waals surface area contributed by atoms with Gasteiger partial charge in [0.1, 0.15) is 0 Å². The van der Waals surface area contributed by atoms with Crippen LogP contribution in [0.1, 0.15) is 6.92 Å². The third-order valence-corrected chi connectivity index (χ3v) is 4.25. The van der Waals surface area contributed by atoms with Gasteiger partial charge in [-0.2, -0.15) is 0 Å². The predicted octanol–water partition coefficient (Wildman–Crippen LogP) is 2.59. The van der Waals surface area contributed by atoms with Crippen LogP contribution in [-0.4, -0.2) is 21.4 Å². The molecule has 23 heavy (non-hydrogen) atoms. The van der Waals surface area contributed by atoms with E-state index in [0.29, 0.717) is 5.69 Å². The topological polar surface area (TPSA) is 84.5 Å². The summed E-state index contributed by atoms with van der Waals surface area (Å²) < 4.78 is 45.3. The van der Waals surface area contributed by atoms with Gasteiger partial charge in [0.2, 0.25) is 5.91 Å². The minimum atomic E-state index is -3.96. The monoisotopic (exact) mass is 338 g/mol. The highest BCUT2D eigenvalue weighted by Gasteiger charge is 2.17. The number of benzene rings is 2. The number of methoxy groups -OCH3 is 1. The minimum absolute atomic E-state index is 0.0448. The third kappa shape index (κ3) is 4.19. The molecular formula is C15H15FN2O4S. The Morgan fingerprint density at radius 1 is 1.13 bits per heavy atom. The molecule has 0 aliphatic rings. The molecule has 2 rings (SSSR count). The summed E-state index contributed by atoms with van der Waals surface area (Å²) in [7, 11) is -2.67. The average Bonchev–Trinajstić information content (AvgIpc) is 2.46. The lowest BCUT2D eigenvalue weighted by atomic mass is 10.3. The van der Waals surface area contributed by atoms with E-state index in [1.54, 1.807) is 12.1 Å². The Morgan fingerprint density at radius 2 is 1.83 bits per heavy atom. The Morgan fingerprint density at radius 3 is 2.43 bits per heavy atom. The fourth-order valence-electron chi connectivity index (χ4n) is 1.89. The molecule has 0 saturated carbocycles. The average molecular weight is 338 g/mol. The Labute approximate surface area is 133 Å². The smallest absolute Gasteiger partial charge is 0.262 e. The van der Waals surface area contributed by atoms with Crippen LogP contribution in [0.3, 0.4) is 0 Å². The Kier molecular flexibility index (Phi) is 4.85. The van der Waals surface area contributed by atoms with Crippen LogP contribution < -0.4 is 14.8 Å². The van der Waals surface area contributed by atoms with Crippen molar-refractivity contribution in [3.8, 4) is 5.75 Å². The molecule has 0 saturated heterocycles. The Bertz CT molecular complexity index is 837. The first-order chi connectivity index (χ1) is 10.8. The van der Waals surface area contributed by atoms with Gasteiger partial charge in [-0.05, 0) is 36.4 Å². The van der Waals surface area contributed by atoms with Gasteiger partial charge in [0.05, 0.1) is 17.7 Å². The molecular weight excluding hydrogens is 323 g/mol. The van der Waals surface area contributed by atoms with Gasteiger partial charge >= 0.3 is 0 Å². The number of rotatable bonds is 5. The maximum atomic E-state index is 13.7. The summed E-state index contributed by atoms with van der Waals surface area (Å²) in [6.07, 6.45) is 0. The largest absolute Gasteiger partial charge is 0.494 e. The molecule has 0 unspecified atom stereocenters. The van der Waals surface area contributed by atoms with Crippen LogP contribution in [0, 0.1) is 5.82 Å². The van der Waals surface area contributed by atoms with Crippen molar-refractivity contribution < 1.29 is 22.3 Å². The lowest BCUT2D eigenvalue weighted by molar-refractivity contribution is -0.114. The molecule has 2 aromatic carbocycles. The van der Waals surface area contributed by atoms with E-state index in [1.807, 2.05) is 0 Å². The van der Waals surface area contributed by atoms with Gasteiger partial charge in [0.25, 0.3) is 10.0 Å². The number of sulfonamides is 1. The van der Waals surface area contributed by atoms with Crippen LogP contribution in [0.15, 0.2) is 47.4 Å². The molecule has 0 fully saturated rings. The highest BCUT2D eigenvalue weighted by Crippen LogP contribution is 2.23. The van der Waals surface area contributed by atoms with Crippen molar-refractivity contribution in [2.75, 3.05) is 17.1 Å². The number of hydrogen-bond donors (Lipinski definition) is 2. The van der Waals surface area contributed by atoms with Gasteiger partial charge in [-0.1, -0.05) is 6.07 Å². The van der Waals surface area contributed by atoms with E-state index in [1.165, 1.54) is 38.3 Å². The van der Waals surface area contributed by atoms with E-state index in [2.05, 4.69) is 10.0 Å². The second-order valence-electron chi connectivity index (χ2n) is 4.66. The van der Waals surface area contributed by atoms with E-state index in [9.17, 15) is 17.6 Å². The van der Waals surface area contributed by atoms with Crippen molar-refractivity contribution in [2.24, 2.45) is 0 Å². The number of ether oxygens (including phenoxy) is 1. The third-order valence-electron chi connectivity index (χ3n) is 2.87. The molecule has 0 bridgehead atoms. The number of halogens is 1. The summed E-state index contributed by atoms with van der Waals surface area (Å²) >= 11 is 0. The summed E-state index contributed by atoms with van der Waals surface area (Å²) in [4.78, 5) is 10.8. The zero-order valence-corrected chi connectivity index (χ0v) is 13.3. The first kappa shape index (κ1) is 16.8. The van der Waals surface area contributed by atoms with Crippen molar-refractivity contribution in [1.29, 1.82) is 0 Å². The summed E-state index contributed by atoms with van der Waals surface area (Å²) in [5, 5.41) is 2.54. The highest BCUT2D eigenvalue weighted by atomic mass is 32.2. The van der Waals surface area contributed by atoms with E-state index < -0.39 is 15.8 Å². The number of carbonyl (C=O) groups excluding carboxylic acids is 1. The number of hydrogen-bond acceptors (Lipinski definition) is 4. The van der Waals surface area contributed by atoms with Gasteiger partial charge in [-0.15, -0.1) is 0 Å². The summed E-state index contributed by atoms with van der Waals surface area (Å²) in [6, 6.07) is 9.52. The van der Waals surface area contributed by atoms with Crippen LogP contribution in [0.2, 0.25) is 0 Å². The molecule has 0 aromatic heterocycles. The molecule has 0 spiro atoms. The van der Waals surface area contributed by atoms with Crippen LogP contribution >= 0.6 is 0 Å². The van der Waals surface area contributed by atoms with E-state index in [4.69, 9.17) is 4.74 Å². The number of nitrogens with one attached hydrogen (secondary N) is 2. The summed E-state index contributed by atoms with van der Waals surface area (Å²) in [6.45, 7) is 1.34. The number of carbonyl (C=O) groups is 1. The van der Waals surface area contributed by atoms with Crippen LogP contribution in [0.5, 0.6) is 5.75 Å². The first-order valence-corrected chi connectivity index (χ1v) is 8.04. The molecule has 2 aromatic rings. The standard InChI is InChI=1S/C15H15FN2O4S/c1-10(19)17-11-4-3-5-12(8-11)18-23(20,21)13-6-7-15(22-2)14(16)9-13/h3-9,18H,1-2H3,(H,17,19). The Balaban J connectivity index is 2.27. The molecule has 0 radical (unpaired) electrons. The maximum absolute atomic E-state index is 13.7. The minimum Gasteiger partial charge on any atom is -0.494 e. The van der Waals surface area contributed by atoms with Gasteiger partial charge in [0, 0.05) is 12.6 Å². The lowest BCUT2D eigenvalue weighted by Crippen LogP contribution is -2.14. The second kappa shape index (κ2) is 6.66. The normalized spacial score (nSPS) is 10.9. The van der Waals surface area contributed by atoms with Crippen molar-refractivity contribution in [2.45, 2.75) is 11.8 Å². The fourth-order valence-corrected chi connectivity index (χ4v) is 2.95. The first-order valence-electron chi connectivity index (χ1n) is 6.56. The molecule has 8 heteroatoms. The maximum Gasteiger partial charge on any atom is 0.262 e. The lowest BCUT2D eigenvalue weighted by Gasteiger charge is -2.10. The van der Waals surface area contributed by atoms with Crippen LogP contribution in [0.25, 0.3) is 0 Å². The van der Waals surface area contributed by atoms with Gasteiger partial charge in [0.15, 0.2) is 11.6 Å². The zero-order chi connectivity index (χ0) is 17.0. The van der Waals surface area contributed by atoms with Crippen molar-refractivity contribution in [3.05, 3.63) is 48.3 Å². The quantitative estimate of drug-likeness (QED) is 0.877. The van der Waals surface area contributed by atoms with Crippen LogP contribution in [0.4, 0.5) is 15.8 Å². The fraction of sp³-hybridized carbons (Fsp3) is 0.133. The zero-order valence-electron chi connectivity index (χ0n) is 12.5. The van der Waals surface area contributed by atoms with Gasteiger partial charge in [-0.3, -0.25) is 9.52 Å². The van der Waals surface area contributed by atoms with E-state index in [-0.39, 0.29) is 22.2 Å². The van der Waals surface area contributed by atoms with Crippen molar-refractivity contribution in [1.82, 2.24) is 0 Å². The van der Waals surface area contributed by atoms with Crippen LogP contribution in [-0.2, 0) is 14.8 Å². The summed E-state index contributed by atoms with van der Waals surface area (Å²) in [5.41, 5.74) is 0.686. The molecule has 6 nitrogen and oxygen atoms in total. The predicted molar refractivity (Wildman–Crippen MR) is 84.5 cm³/mol. The van der Waals surface area contributed by atoms with E-state index >= 15 is 0 Å². The van der Waals surface area contributed by atoms with Gasteiger partial charge in [-0.25, -0.2) is 12.8 Å². The molecule has 0 atom stereocenters. The SMILES string of the molecule is COc1ccc(S(=O)(=O)Nc2cccc(NC(C)=O)c2)cc1F. The van der Waals surface area contributed by atoms with E-state index in [0.717, 1.165) is 6.07 Å². The Hall–Kier alpha value is -2.61. The molecule has 0 aliphatic heterocycles. The molecule has 0 aliphatic carbocycles. The summed E-state index contributed by atoms with van der Waals surface area (Å²) in [5.74, 6) is -1.10. The second-order valence-corrected chi connectivity index (χ2v) is 6.35. The van der Waals surface area contributed by atoms with Gasteiger partial charge < -0.3 is 10.1 Å². The number of amides is 1.